The lowest BCUT2D eigenvalue weighted by Gasteiger charge is -2.15. The fourth-order valence-electron chi connectivity index (χ4n) is 2.42. The lowest BCUT2D eigenvalue weighted by atomic mass is 10.1. The van der Waals surface area contributed by atoms with Gasteiger partial charge in [0.15, 0.2) is 0 Å². The van der Waals surface area contributed by atoms with E-state index in [4.69, 9.17) is 17.3 Å². The highest BCUT2D eigenvalue weighted by molar-refractivity contribution is 6.31. The van der Waals surface area contributed by atoms with Crippen LogP contribution in [0.15, 0.2) is 36.5 Å². The number of benzene rings is 1. The quantitative estimate of drug-likeness (QED) is 0.849. The Balaban J connectivity index is 1.75. The molecule has 1 unspecified atom stereocenters. The lowest BCUT2D eigenvalue weighted by Crippen LogP contribution is -2.28. The van der Waals surface area contributed by atoms with E-state index in [1.165, 1.54) is 0 Å². The molecule has 0 spiro atoms. The van der Waals surface area contributed by atoms with Crippen molar-refractivity contribution in [2.75, 3.05) is 5.73 Å². The topological polar surface area (TPSA) is 60.0 Å². The van der Waals surface area contributed by atoms with Crippen LogP contribution in [0.3, 0.4) is 0 Å². The van der Waals surface area contributed by atoms with E-state index >= 15 is 0 Å². The van der Waals surface area contributed by atoms with Crippen molar-refractivity contribution in [1.82, 2.24) is 9.88 Å². The number of carbonyl (C=O) groups is 1. The van der Waals surface area contributed by atoms with Crippen LogP contribution in [0.2, 0.25) is 5.02 Å². The van der Waals surface area contributed by atoms with E-state index in [0.717, 1.165) is 18.4 Å². The van der Waals surface area contributed by atoms with E-state index in [9.17, 15) is 4.79 Å². The SMILES string of the molecule is CC(NC(=O)c1cc(Cl)cn1C1CC1)c1ccc(N)cc1. The minimum Gasteiger partial charge on any atom is -0.399 e. The predicted molar refractivity (Wildman–Crippen MR) is 84.4 cm³/mol. The van der Waals surface area contributed by atoms with E-state index in [0.29, 0.717) is 22.4 Å². The number of halogens is 1. The van der Waals surface area contributed by atoms with Crippen molar-refractivity contribution in [3.05, 3.63) is 52.8 Å². The summed E-state index contributed by atoms with van der Waals surface area (Å²) in [7, 11) is 0. The molecule has 0 bridgehead atoms. The van der Waals surface area contributed by atoms with E-state index in [1.54, 1.807) is 6.07 Å². The standard InChI is InChI=1S/C16H18ClN3O/c1-10(11-2-4-13(18)5-3-11)19-16(21)15-8-12(17)9-20(15)14-6-7-14/h2-5,8-10,14H,6-7,18H2,1H3,(H,19,21). The van der Waals surface area contributed by atoms with Crippen LogP contribution in [0, 0.1) is 0 Å². The molecule has 1 fully saturated rings. The molecule has 110 valence electrons. The molecule has 3 rings (SSSR count). The minimum absolute atomic E-state index is 0.0839. The van der Waals surface area contributed by atoms with Gasteiger partial charge >= 0.3 is 0 Å². The molecular formula is C16H18ClN3O. The molecule has 1 aliphatic rings. The zero-order chi connectivity index (χ0) is 15.0. The number of nitrogens with two attached hydrogens (primary N) is 1. The van der Waals surface area contributed by atoms with Crippen molar-refractivity contribution in [1.29, 1.82) is 0 Å². The number of amides is 1. The Labute approximate surface area is 128 Å². The Hall–Kier alpha value is -1.94. The number of hydrogen-bond donors (Lipinski definition) is 2. The van der Waals surface area contributed by atoms with Gasteiger partial charge < -0.3 is 15.6 Å². The molecule has 3 N–H and O–H groups in total. The van der Waals surface area contributed by atoms with Crippen LogP contribution in [0.5, 0.6) is 0 Å². The third-order valence-corrected chi connectivity index (χ3v) is 3.98. The number of aromatic nitrogens is 1. The number of hydrogen-bond acceptors (Lipinski definition) is 2. The Morgan fingerprint density at radius 1 is 1.38 bits per heavy atom. The molecule has 2 aromatic rings. The number of carbonyl (C=O) groups excluding carboxylic acids is 1. The number of nitrogens with zero attached hydrogens (tertiary/aromatic N) is 1. The summed E-state index contributed by atoms with van der Waals surface area (Å²) in [5.41, 5.74) is 8.04. The van der Waals surface area contributed by atoms with Crippen molar-refractivity contribution in [3.63, 3.8) is 0 Å². The van der Waals surface area contributed by atoms with Crippen LogP contribution in [-0.4, -0.2) is 10.5 Å². The van der Waals surface area contributed by atoms with Gasteiger partial charge in [-0.25, -0.2) is 0 Å². The number of rotatable bonds is 4. The second kappa shape index (κ2) is 5.45. The summed E-state index contributed by atoms with van der Waals surface area (Å²) in [6.07, 6.45) is 4.06. The first kappa shape index (κ1) is 14.0. The highest BCUT2D eigenvalue weighted by Crippen LogP contribution is 2.37. The molecular weight excluding hydrogens is 286 g/mol. The zero-order valence-corrected chi connectivity index (χ0v) is 12.6. The van der Waals surface area contributed by atoms with Crippen molar-refractivity contribution < 1.29 is 4.79 Å². The first-order valence-corrected chi connectivity index (χ1v) is 7.46. The molecule has 0 radical (unpaired) electrons. The van der Waals surface area contributed by atoms with Crippen molar-refractivity contribution in [2.45, 2.75) is 31.8 Å². The van der Waals surface area contributed by atoms with E-state index in [-0.39, 0.29) is 11.9 Å². The van der Waals surface area contributed by atoms with Gasteiger partial charge in [0.1, 0.15) is 5.69 Å². The molecule has 21 heavy (non-hydrogen) atoms. The second-order valence-corrected chi connectivity index (χ2v) is 5.98. The van der Waals surface area contributed by atoms with E-state index < -0.39 is 0 Å². The average molecular weight is 304 g/mol. The van der Waals surface area contributed by atoms with Gasteiger partial charge in [0.25, 0.3) is 5.91 Å². The van der Waals surface area contributed by atoms with Crippen molar-refractivity contribution in [2.24, 2.45) is 0 Å². The van der Waals surface area contributed by atoms with Crippen LogP contribution in [-0.2, 0) is 0 Å². The molecule has 1 amide bonds. The highest BCUT2D eigenvalue weighted by Gasteiger charge is 2.28. The first-order valence-electron chi connectivity index (χ1n) is 7.08. The molecule has 1 atom stereocenters. The molecule has 5 heteroatoms. The fourth-order valence-corrected chi connectivity index (χ4v) is 2.63. The second-order valence-electron chi connectivity index (χ2n) is 5.54. The van der Waals surface area contributed by atoms with Crippen molar-refractivity contribution >= 4 is 23.2 Å². The summed E-state index contributed by atoms with van der Waals surface area (Å²) in [6, 6.07) is 9.58. The summed E-state index contributed by atoms with van der Waals surface area (Å²) in [5, 5.41) is 3.61. The van der Waals surface area contributed by atoms with Crippen LogP contribution in [0.25, 0.3) is 0 Å². The molecule has 1 aliphatic carbocycles. The normalized spacial score (nSPS) is 15.7. The van der Waals surface area contributed by atoms with Gasteiger partial charge in [0.2, 0.25) is 0 Å². The summed E-state index contributed by atoms with van der Waals surface area (Å²) < 4.78 is 1.98. The molecule has 0 aliphatic heterocycles. The van der Waals surface area contributed by atoms with Crippen LogP contribution >= 0.6 is 11.6 Å². The maximum atomic E-state index is 12.4. The zero-order valence-electron chi connectivity index (χ0n) is 11.8. The van der Waals surface area contributed by atoms with Gasteiger partial charge in [-0.05, 0) is 43.5 Å². The molecule has 4 nitrogen and oxygen atoms in total. The highest BCUT2D eigenvalue weighted by atomic mass is 35.5. The Morgan fingerprint density at radius 2 is 2.05 bits per heavy atom. The fraction of sp³-hybridized carbons (Fsp3) is 0.312. The van der Waals surface area contributed by atoms with Crippen LogP contribution in [0.4, 0.5) is 5.69 Å². The summed E-state index contributed by atoms with van der Waals surface area (Å²) in [5.74, 6) is -0.0990. The van der Waals surface area contributed by atoms with Gasteiger partial charge in [-0.15, -0.1) is 0 Å². The molecule has 1 saturated carbocycles. The minimum atomic E-state index is -0.0990. The number of nitrogen functional groups attached to an aromatic ring is 1. The van der Waals surface area contributed by atoms with Gasteiger partial charge in [-0.1, -0.05) is 23.7 Å². The molecule has 1 aromatic heterocycles. The van der Waals surface area contributed by atoms with Gasteiger partial charge in [-0.2, -0.15) is 0 Å². The predicted octanol–water partition coefficient (Wildman–Crippen LogP) is 3.55. The maximum absolute atomic E-state index is 12.4. The molecule has 1 heterocycles. The van der Waals surface area contributed by atoms with Gasteiger partial charge in [0, 0.05) is 17.9 Å². The molecule has 0 saturated heterocycles. The largest absolute Gasteiger partial charge is 0.399 e. The molecule has 1 aromatic carbocycles. The Morgan fingerprint density at radius 3 is 2.67 bits per heavy atom. The third-order valence-electron chi connectivity index (χ3n) is 3.77. The number of anilines is 1. The Bertz CT molecular complexity index is 659. The Kier molecular flexibility index (Phi) is 3.64. The smallest absolute Gasteiger partial charge is 0.268 e. The van der Waals surface area contributed by atoms with Gasteiger partial charge in [0.05, 0.1) is 11.1 Å². The lowest BCUT2D eigenvalue weighted by molar-refractivity contribution is 0.0930. The van der Waals surface area contributed by atoms with Gasteiger partial charge in [-0.3, -0.25) is 4.79 Å². The third kappa shape index (κ3) is 3.05. The van der Waals surface area contributed by atoms with E-state index in [2.05, 4.69) is 5.32 Å². The monoisotopic (exact) mass is 303 g/mol. The summed E-state index contributed by atoms with van der Waals surface area (Å²) >= 11 is 6.04. The van der Waals surface area contributed by atoms with E-state index in [1.807, 2.05) is 42.0 Å². The van der Waals surface area contributed by atoms with Crippen molar-refractivity contribution in [3.8, 4) is 0 Å². The van der Waals surface area contributed by atoms with Crippen LogP contribution < -0.4 is 11.1 Å². The van der Waals surface area contributed by atoms with Crippen LogP contribution in [0.1, 0.15) is 47.9 Å². The number of nitrogens with one attached hydrogen (secondary N) is 1. The maximum Gasteiger partial charge on any atom is 0.268 e. The first-order chi connectivity index (χ1) is 10.0. The summed E-state index contributed by atoms with van der Waals surface area (Å²) in [4.78, 5) is 12.4. The average Bonchev–Trinajstić information content (AvgIpc) is 3.22. The summed E-state index contributed by atoms with van der Waals surface area (Å²) in [6.45, 7) is 1.95.